The van der Waals surface area contributed by atoms with Gasteiger partial charge in [-0.25, -0.2) is 13.8 Å². The molecule has 1 N–H and O–H groups in total. The predicted octanol–water partition coefficient (Wildman–Crippen LogP) is 0.0909. The minimum absolute atomic E-state index is 0.0504. The summed E-state index contributed by atoms with van der Waals surface area (Å²) in [5.41, 5.74) is -1.03. The highest BCUT2D eigenvalue weighted by Gasteiger charge is 2.44. The zero-order valence-corrected chi connectivity index (χ0v) is 11.1. The van der Waals surface area contributed by atoms with Gasteiger partial charge in [0.2, 0.25) is 5.91 Å². The van der Waals surface area contributed by atoms with Gasteiger partial charge >= 0.3 is 0 Å². The third-order valence-corrected chi connectivity index (χ3v) is 3.73. The first-order valence-electron chi connectivity index (χ1n) is 6.50. The number of rotatable bonds is 1. The molecule has 0 saturated carbocycles. The Bertz CT molecular complexity index is 598. The molecule has 1 spiro atoms. The predicted molar refractivity (Wildman–Crippen MR) is 66.4 cm³/mol. The molecule has 3 heterocycles. The molecule has 2 fully saturated rings. The SMILES string of the molecule is O=C1COC2(CCN(C(=O)c3ncc(F)cc3F)C2)CN1. The second-order valence-corrected chi connectivity index (χ2v) is 5.21. The molecule has 2 amide bonds. The Balaban J connectivity index is 1.74. The third-order valence-electron chi connectivity index (χ3n) is 3.73. The highest BCUT2D eigenvalue weighted by Crippen LogP contribution is 2.28. The molecule has 0 radical (unpaired) electrons. The third kappa shape index (κ3) is 2.58. The Kier molecular flexibility index (Phi) is 3.32. The van der Waals surface area contributed by atoms with Crippen LogP contribution >= 0.6 is 0 Å². The van der Waals surface area contributed by atoms with Crippen LogP contribution in [0.3, 0.4) is 0 Å². The Morgan fingerprint density at radius 1 is 1.48 bits per heavy atom. The number of likely N-dealkylation sites (tertiary alicyclic amines) is 1. The summed E-state index contributed by atoms with van der Waals surface area (Å²) >= 11 is 0. The van der Waals surface area contributed by atoms with Crippen molar-refractivity contribution < 1.29 is 23.1 Å². The van der Waals surface area contributed by atoms with Crippen molar-refractivity contribution in [1.29, 1.82) is 0 Å². The fraction of sp³-hybridized carbons (Fsp3) is 0.462. The van der Waals surface area contributed by atoms with Crippen molar-refractivity contribution in [3.63, 3.8) is 0 Å². The van der Waals surface area contributed by atoms with E-state index in [2.05, 4.69) is 10.3 Å². The lowest BCUT2D eigenvalue weighted by Gasteiger charge is -2.33. The maximum absolute atomic E-state index is 13.6. The topological polar surface area (TPSA) is 71.5 Å². The van der Waals surface area contributed by atoms with E-state index in [-0.39, 0.29) is 19.1 Å². The molecule has 2 aliphatic heterocycles. The molecule has 1 unspecified atom stereocenters. The standard InChI is InChI=1S/C13H13F2N3O3/c14-8-3-9(15)11(16-4-8)12(20)18-2-1-13(7-18)6-17-10(19)5-21-13/h3-4H,1-2,5-7H2,(H,17,19). The molecule has 3 rings (SSSR count). The van der Waals surface area contributed by atoms with Crippen molar-refractivity contribution in [2.75, 3.05) is 26.2 Å². The van der Waals surface area contributed by atoms with Crippen LogP contribution in [0.1, 0.15) is 16.9 Å². The molecule has 0 aliphatic carbocycles. The van der Waals surface area contributed by atoms with Gasteiger partial charge in [0, 0.05) is 19.2 Å². The van der Waals surface area contributed by atoms with Crippen LogP contribution in [0.15, 0.2) is 12.3 Å². The van der Waals surface area contributed by atoms with Gasteiger partial charge in [-0.15, -0.1) is 0 Å². The summed E-state index contributed by atoms with van der Waals surface area (Å²) < 4.78 is 31.9. The molecule has 21 heavy (non-hydrogen) atoms. The van der Waals surface area contributed by atoms with Crippen LogP contribution in [0, 0.1) is 11.6 Å². The lowest BCUT2D eigenvalue weighted by atomic mass is 10.0. The summed E-state index contributed by atoms with van der Waals surface area (Å²) in [6.45, 7) is 0.873. The van der Waals surface area contributed by atoms with Gasteiger partial charge in [-0.1, -0.05) is 0 Å². The average molecular weight is 297 g/mol. The maximum atomic E-state index is 13.6. The van der Waals surface area contributed by atoms with Crippen LogP contribution in [-0.4, -0.2) is 53.5 Å². The van der Waals surface area contributed by atoms with Crippen molar-refractivity contribution in [3.05, 3.63) is 29.6 Å². The maximum Gasteiger partial charge on any atom is 0.275 e. The Hall–Kier alpha value is -2.09. The fourth-order valence-electron chi connectivity index (χ4n) is 2.58. The minimum Gasteiger partial charge on any atom is -0.361 e. The lowest BCUT2D eigenvalue weighted by Crippen LogP contribution is -2.54. The fourth-order valence-corrected chi connectivity index (χ4v) is 2.58. The van der Waals surface area contributed by atoms with Crippen LogP contribution in [0.5, 0.6) is 0 Å². The monoisotopic (exact) mass is 297 g/mol. The number of carbonyl (C=O) groups is 2. The Labute approximate surface area is 119 Å². The van der Waals surface area contributed by atoms with Gasteiger partial charge in [0.05, 0.1) is 12.7 Å². The van der Waals surface area contributed by atoms with Crippen molar-refractivity contribution in [3.8, 4) is 0 Å². The molecular formula is C13H13F2N3O3. The largest absolute Gasteiger partial charge is 0.361 e. The number of hydrogen-bond donors (Lipinski definition) is 1. The van der Waals surface area contributed by atoms with E-state index >= 15 is 0 Å². The van der Waals surface area contributed by atoms with Gasteiger partial charge in [0.15, 0.2) is 11.5 Å². The molecule has 0 aromatic carbocycles. The number of aromatic nitrogens is 1. The number of morpholine rings is 1. The van der Waals surface area contributed by atoms with Gasteiger partial charge in [-0.05, 0) is 6.42 Å². The Morgan fingerprint density at radius 2 is 2.29 bits per heavy atom. The van der Waals surface area contributed by atoms with Gasteiger partial charge in [-0.2, -0.15) is 0 Å². The quantitative estimate of drug-likeness (QED) is 0.797. The molecule has 1 atom stereocenters. The number of carbonyl (C=O) groups excluding carboxylic acids is 2. The van der Waals surface area contributed by atoms with Gasteiger partial charge in [-0.3, -0.25) is 9.59 Å². The molecule has 1 aromatic heterocycles. The highest BCUT2D eigenvalue weighted by atomic mass is 19.1. The highest BCUT2D eigenvalue weighted by molar-refractivity contribution is 5.92. The number of pyridine rings is 1. The second kappa shape index (κ2) is 5.03. The molecular weight excluding hydrogens is 284 g/mol. The zero-order chi connectivity index (χ0) is 15.0. The normalized spacial score (nSPS) is 25.2. The van der Waals surface area contributed by atoms with Crippen LogP contribution in [0.25, 0.3) is 0 Å². The van der Waals surface area contributed by atoms with Crippen LogP contribution in [0.4, 0.5) is 8.78 Å². The number of nitrogens with one attached hydrogen (secondary N) is 1. The van der Waals surface area contributed by atoms with E-state index in [1.807, 2.05) is 0 Å². The molecule has 2 saturated heterocycles. The van der Waals surface area contributed by atoms with E-state index in [1.165, 1.54) is 4.90 Å². The summed E-state index contributed by atoms with van der Waals surface area (Å²) in [7, 11) is 0. The number of nitrogens with zero attached hydrogens (tertiary/aromatic N) is 2. The second-order valence-electron chi connectivity index (χ2n) is 5.21. The summed E-state index contributed by atoms with van der Waals surface area (Å²) in [5, 5.41) is 2.69. The molecule has 8 heteroatoms. The Morgan fingerprint density at radius 3 is 2.95 bits per heavy atom. The number of hydrogen-bond acceptors (Lipinski definition) is 4. The minimum atomic E-state index is -0.987. The van der Waals surface area contributed by atoms with E-state index in [4.69, 9.17) is 4.74 Å². The summed E-state index contributed by atoms with van der Waals surface area (Å²) in [6, 6.07) is 0.628. The van der Waals surface area contributed by atoms with Crippen LogP contribution < -0.4 is 5.32 Å². The summed E-state index contributed by atoms with van der Waals surface area (Å²) in [6.07, 6.45) is 1.35. The van der Waals surface area contributed by atoms with E-state index in [0.717, 1.165) is 6.20 Å². The van der Waals surface area contributed by atoms with Gasteiger partial charge in [0.25, 0.3) is 5.91 Å². The molecule has 112 valence electrons. The summed E-state index contributed by atoms with van der Waals surface area (Å²) in [4.78, 5) is 28.3. The van der Waals surface area contributed by atoms with Crippen molar-refractivity contribution in [2.24, 2.45) is 0 Å². The van der Waals surface area contributed by atoms with E-state index < -0.39 is 28.8 Å². The number of halogens is 2. The first-order chi connectivity index (χ1) is 9.99. The van der Waals surface area contributed by atoms with E-state index in [1.54, 1.807) is 0 Å². The zero-order valence-electron chi connectivity index (χ0n) is 11.1. The van der Waals surface area contributed by atoms with Crippen LogP contribution in [0.2, 0.25) is 0 Å². The van der Waals surface area contributed by atoms with E-state index in [0.29, 0.717) is 25.6 Å². The lowest BCUT2D eigenvalue weighted by molar-refractivity contribution is -0.141. The number of ether oxygens (including phenoxy) is 1. The van der Waals surface area contributed by atoms with Gasteiger partial charge < -0.3 is 15.0 Å². The van der Waals surface area contributed by atoms with E-state index in [9.17, 15) is 18.4 Å². The number of amides is 2. The smallest absolute Gasteiger partial charge is 0.275 e. The van der Waals surface area contributed by atoms with Crippen molar-refractivity contribution >= 4 is 11.8 Å². The first-order valence-corrected chi connectivity index (χ1v) is 6.50. The van der Waals surface area contributed by atoms with Crippen molar-refractivity contribution in [2.45, 2.75) is 12.0 Å². The van der Waals surface area contributed by atoms with Crippen molar-refractivity contribution in [1.82, 2.24) is 15.2 Å². The molecule has 2 aliphatic rings. The first kappa shape index (κ1) is 13.9. The molecule has 6 nitrogen and oxygen atoms in total. The van der Waals surface area contributed by atoms with Crippen LogP contribution in [-0.2, 0) is 9.53 Å². The van der Waals surface area contributed by atoms with Gasteiger partial charge in [0.1, 0.15) is 18.0 Å². The average Bonchev–Trinajstić information content (AvgIpc) is 2.86. The molecule has 0 bridgehead atoms. The molecule has 1 aromatic rings. The summed E-state index contributed by atoms with van der Waals surface area (Å²) in [5.74, 6) is -2.62.